The highest BCUT2D eigenvalue weighted by atomic mass is 32.2. The molecule has 4 heteroatoms. The third kappa shape index (κ3) is 2.96. The minimum Gasteiger partial charge on any atom is -0.309 e. The average molecular weight is 275 g/mol. The third-order valence-corrected chi connectivity index (χ3v) is 5.41. The fourth-order valence-corrected chi connectivity index (χ4v) is 4.27. The highest BCUT2D eigenvalue weighted by Gasteiger charge is 2.27. The van der Waals surface area contributed by atoms with Crippen LogP contribution in [-0.2, 0) is 16.4 Å². The minimum atomic E-state index is -2.80. The minimum absolute atomic E-state index is 0.108. The first kappa shape index (κ1) is 12.6. The third-order valence-electron chi connectivity index (χ3n) is 3.64. The first-order valence-corrected chi connectivity index (χ1v) is 8.36. The van der Waals surface area contributed by atoms with E-state index in [0.717, 1.165) is 13.0 Å². The number of nitrogens with one attached hydrogen (secondary N) is 1. The van der Waals surface area contributed by atoms with Crippen molar-refractivity contribution in [1.29, 1.82) is 0 Å². The van der Waals surface area contributed by atoms with E-state index in [0.29, 0.717) is 5.75 Å². The highest BCUT2D eigenvalue weighted by Crippen LogP contribution is 2.16. The Morgan fingerprint density at radius 1 is 1.11 bits per heavy atom. The normalized spacial score (nSPS) is 21.8. The summed E-state index contributed by atoms with van der Waals surface area (Å²) in [6.07, 6.45) is 0.732. The van der Waals surface area contributed by atoms with Crippen molar-refractivity contribution < 1.29 is 8.42 Å². The van der Waals surface area contributed by atoms with Crippen LogP contribution in [0.2, 0.25) is 0 Å². The number of fused-ring (bicyclic) bond motifs is 1. The number of hydrogen-bond donors (Lipinski definition) is 1. The number of hydrogen-bond acceptors (Lipinski definition) is 3. The van der Waals surface area contributed by atoms with Crippen LogP contribution in [0, 0.1) is 0 Å². The van der Waals surface area contributed by atoms with E-state index >= 15 is 0 Å². The Hall–Kier alpha value is -1.39. The summed E-state index contributed by atoms with van der Waals surface area (Å²) < 4.78 is 22.8. The van der Waals surface area contributed by atoms with Crippen molar-refractivity contribution in [3.63, 3.8) is 0 Å². The summed E-state index contributed by atoms with van der Waals surface area (Å²) >= 11 is 0. The van der Waals surface area contributed by atoms with Crippen LogP contribution in [0.3, 0.4) is 0 Å². The summed E-state index contributed by atoms with van der Waals surface area (Å²) in [6.45, 7) is 0.727. The van der Waals surface area contributed by atoms with E-state index in [1.54, 1.807) is 0 Å². The molecule has 0 radical (unpaired) electrons. The van der Waals surface area contributed by atoms with Gasteiger partial charge in [-0.3, -0.25) is 0 Å². The zero-order valence-electron chi connectivity index (χ0n) is 10.7. The predicted octanol–water partition coefficient (Wildman–Crippen LogP) is 2.12. The van der Waals surface area contributed by atoms with Crippen molar-refractivity contribution in [2.45, 2.75) is 19.0 Å². The quantitative estimate of drug-likeness (QED) is 0.933. The van der Waals surface area contributed by atoms with E-state index < -0.39 is 9.84 Å². The molecule has 1 saturated heterocycles. The molecule has 1 aliphatic heterocycles. The molecule has 0 aliphatic carbocycles. The average Bonchev–Trinajstić information content (AvgIpc) is 2.76. The maximum absolute atomic E-state index is 11.4. The fourth-order valence-electron chi connectivity index (χ4n) is 2.57. The molecule has 1 heterocycles. The van der Waals surface area contributed by atoms with Crippen LogP contribution in [0.25, 0.3) is 10.8 Å². The summed E-state index contributed by atoms with van der Waals surface area (Å²) in [4.78, 5) is 0. The molecule has 1 atom stereocenters. The van der Waals surface area contributed by atoms with Crippen LogP contribution in [0.1, 0.15) is 12.0 Å². The molecule has 2 aromatic carbocycles. The van der Waals surface area contributed by atoms with Crippen molar-refractivity contribution in [3.8, 4) is 0 Å². The van der Waals surface area contributed by atoms with Gasteiger partial charge in [-0.1, -0.05) is 36.4 Å². The number of sulfone groups is 1. The van der Waals surface area contributed by atoms with Gasteiger partial charge in [0, 0.05) is 12.6 Å². The second-order valence-corrected chi connectivity index (χ2v) is 7.39. The Kier molecular flexibility index (Phi) is 3.29. The van der Waals surface area contributed by atoms with Gasteiger partial charge in [0.2, 0.25) is 0 Å². The van der Waals surface area contributed by atoms with E-state index in [1.165, 1.54) is 16.3 Å². The van der Waals surface area contributed by atoms with Crippen molar-refractivity contribution in [2.75, 3.05) is 11.5 Å². The zero-order chi connectivity index (χ0) is 13.3. The molecule has 0 spiro atoms. The Bertz CT molecular complexity index is 694. The van der Waals surface area contributed by atoms with E-state index in [2.05, 4.69) is 35.6 Å². The van der Waals surface area contributed by atoms with E-state index in [1.807, 2.05) is 12.1 Å². The first-order chi connectivity index (χ1) is 9.12. The maximum Gasteiger partial charge on any atom is 0.151 e. The summed E-state index contributed by atoms with van der Waals surface area (Å²) in [5.74, 6) is 0.600. The van der Waals surface area contributed by atoms with Gasteiger partial charge in [-0.15, -0.1) is 0 Å². The summed E-state index contributed by atoms with van der Waals surface area (Å²) in [7, 11) is -2.80. The van der Waals surface area contributed by atoms with Gasteiger partial charge in [-0.05, 0) is 28.8 Å². The van der Waals surface area contributed by atoms with Crippen LogP contribution in [0.5, 0.6) is 0 Å². The fraction of sp³-hybridized carbons (Fsp3) is 0.333. The van der Waals surface area contributed by atoms with Crippen LogP contribution >= 0.6 is 0 Å². The lowest BCUT2D eigenvalue weighted by molar-refractivity contribution is 0.554. The first-order valence-electron chi connectivity index (χ1n) is 6.54. The smallest absolute Gasteiger partial charge is 0.151 e. The summed E-state index contributed by atoms with van der Waals surface area (Å²) in [6, 6.07) is 14.7. The maximum atomic E-state index is 11.4. The second-order valence-electron chi connectivity index (χ2n) is 5.16. The van der Waals surface area contributed by atoms with Crippen LogP contribution in [0.4, 0.5) is 0 Å². The van der Waals surface area contributed by atoms with Crippen molar-refractivity contribution in [1.82, 2.24) is 5.32 Å². The lowest BCUT2D eigenvalue weighted by Gasteiger charge is -2.11. The molecule has 2 aromatic rings. The van der Waals surface area contributed by atoms with Crippen molar-refractivity contribution in [3.05, 3.63) is 48.0 Å². The lowest BCUT2D eigenvalue weighted by Crippen LogP contribution is -2.29. The molecule has 0 aromatic heterocycles. The molecule has 1 fully saturated rings. The van der Waals surface area contributed by atoms with Gasteiger partial charge in [0.25, 0.3) is 0 Å². The molecular formula is C15H17NO2S. The van der Waals surface area contributed by atoms with Crippen LogP contribution in [0.15, 0.2) is 42.5 Å². The second kappa shape index (κ2) is 4.94. The predicted molar refractivity (Wildman–Crippen MR) is 77.8 cm³/mol. The SMILES string of the molecule is O=S1(=O)CCC(NCc2ccc3ccccc3c2)C1. The van der Waals surface area contributed by atoms with Gasteiger partial charge in [-0.2, -0.15) is 0 Å². The van der Waals surface area contributed by atoms with Gasteiger partial charge < -0.3 is 5.32 Å². The Morgan fingerprint density at radius 3 is 2.63 bits per heavy atom. The Morgan fingerprint density at radius 2 is 1.89 bits per heavy atom. The molecule has 1 N–H and O–H groups in total. The van der Waals surface area contributed by atoms with Gasteiger partial charge in [0.1, 0.15) is 0 Å². The van der Waals surface area contributed by atoms with E-state index in [-0.39, 0.29) is 11.8 Å². The summed E-state index contributed by atoms with van der Waals surface area (Å²) in [5, 5.41) is 5.79. The highest BCUT2D eigenvalue weighted by molar-refractivity contribution is 7.91. The van der Waals surface area contributed by atoms with Gasteiger partial charge in [0.15, 0.2) is 9.84 Å². The van der Waals surface area contributed by atoms with Crippen molar-refractivity contribution in [2.24, 2.45) is 0 Å². The standard InChI is InChI=1S/C15H17NO2S/c17-19(18)8-7-15(11-19)16-10-12-5-6-13-3-1-2-4-14(13)9-12/h1-6,9,15-16H,7-8,10-11H2. The molecule has 0 bridgehead atoms. The topological polar surface area (TPSA) is 46.2 Å². The van der Waals surface area contributed by atoms with Gasteiger partial charge >= 0.3 is 0 Å². The number of rotatable bonds is 3. The lowest BCUT2D eigenvalue weighted by atomic mass is 10.1. The van der Waals surface area contributed by atoms with E-state index in [9.17, 15) is 8.42 Å². The van der Waals surface area contributed by atoms with Gasteiger partial charge in [-0.25, -0.2) is 8.42 Å². The molecular weight excluding hydrogens is 258 g/mol. The van der Waals surface area contributed by atoms with Gasteiger partial charge in [0.05, 0.1) is 11.5 Å². The molecule has 1 aliphatic rings. The van der Waals surface area contributed by atoms with Crippen molar-refractivity contribution >= 4 is 20.6 Å². The number of benzene rings is 2. The molecule has 1 unspecified atom stereocenters. The Labute approximate surface area is 113 Å². The largest absolute Gasteiger partial charge is 0.309 e. The molecule has 19 heavy (non-hydrogen) atoms. The van der Waals surface area contributed by atoms with E-state index in [4.69, 9.17) is 0 Å². The molecule has 3 nitrogen and oxygen atoms in total. The molecule has 0 saturated carbocycles. The van der Waals surface area contributed by atoms with Crippen LogP contribution < -0.4 is 5.32 Å². The van der Waals surface area contributed by atoms with Crippen LogP contribution in [-0.4, -0.2) is 26.0 Å². The molecule has 0 amide bonds. The molecule has 100 valence electrons. The zero-order valence-corrected chi connectivity index (χ0v) is 11.5. The Balaban J connectivity index is 1.69. The monoisotopic (exact) mass is 275 g/mol. The summed E-state index contributed by atoms with van der Waals surface area (Å²) in [5.41, 5.74) is 1.20. The molecule has 3 rings (SSSR count).